The Morgan fingerprint density at radius 2 is 1.92 bits per heavy atom. The largest absolute Gasteiger partial charge is 0.497 e. The van der Waals surface area contributed by atoms with E-state index in [4.69, 9.17) is 4.74 Å². The van der Waals surface area contributed by atoms with Crippen LogP contribution in [0.1, 0.15) is 19.5 Å². The number of aromatic nitrogens is 2. The second kappa shape index (κ2) is 9.56. The van der Waals surface area contributed by atoms with Crippen molar-refractivity contribution in [3.05, 3.63) is 46.4 Å². The number of ether oxygens (including phenoxy) is 1. The molecule has 0 spiro atoms. The fourth-order valence-electron chi connectivity index (χ4n) is 2.46. The standard InChI is InChI=1S/C18H25N3O3.ClH/c1-12(2)19-10-15(22)11-21-13(3)9-17(23)20-18(21)14-5-7-16(24-4)8-6-14;/h5-9,12,15,19,22H,10-11H2,1-4H3;1H/t15-;/m0./s1. The molecule has 0 aliphatic rings. The van der Waals surface area contributed by atoms with Crippen molar-refractivity contribution in [3.63, 3.8) is 0 Å². The SMILES string of the molecule is COc1ccc(-c2nc(=O)cc(C)n2C[C@@H](O)CNC(C)C)cc1.Cl. The Balaban J connectivity index is 0.00000312. The predicted octanol–water partition coefficient (Wildman–Crippen LogP) is 2.01. The molecule has 0 bridgehead atoms. The van der Waals surface area contributed by atoms with Gasteiger partial charge in [0.25, 0.3) is 5.56 Å². The summed E-state index contributed by atoms with van der Waals surface area (Å²) in [6.07, 6.45) is -0.576. The van der Waals surface area contributed by atoms with E-state index in [2.05, 4.69) is 10.3 Å². The third-order valence-corrected chi connectivity index (χ3v) is 3.73. The third kappa shape index (κ3) is 5.85. The Labute approximate surface area is 154 Å². The minimum absolute atomic E-state index is 0. The average molecular weight is 368 g/mol. The number of hydrogen-bond acceptors (Lipinski definition) is 5. The van der Waals surface area contributed by atoms with Crippen LogP contribution < -0.4 is 15.6 Å². The summed E-state index contributed by atoms with van der Waals surface area (Å²) in [6, 6.07) is 9.14. The zero-order valence-electron chi connectivity index (χ0n) is 15.0. The number of nitrogens with one attached hydrogen (secondary N) is 1. The van der Waals surface area contributed by atoms with Gasteiger partial charge in [0.05, 0.1) is 19.8 Å². The molecular weight excluding hydrogens is 342 g/mol. The first-order chi connectivity index (χ1) is 11.4. The number of benzene rings is 1. The first-order valence-electron chi connectivity index (χ1n) is 8.05. The fraction of sp³-hybridized carbons (Fsp3) is 0.444. The van der Waals surface area contributed by atoms with Crippen molar-refractivity contribution < 1.29 is 9.84 Å². The predicted molar refractivity (Wildman–Crippen MR) is 102 cm³/mol. The molecule has 1 atom stereocenters. The van der Waals surface area contributed by atoms with Gasteiger partial charge in [-0.1, -0.05) is 13.8 Å². The highest BCUT2D eigenvalue weighted by molar-refractivity contribution is 5.85. The normalized spacial score (nSPS) is 11.9. The van der Waals surface area contributed by atoms with Crippen LogP contribution in [0.25, 0.3) is 11.4 Å². The summed E-state index contributed by atoms with van der Waals surface area (Å²) in [4.78, 5) is 16.0. The summed E-state index contributed by atoms with van der Waals surface area (Å²) in [5.41, 5.74) is 1.29. The molecule has 7 heteroatoms. The van der Waals surface area contributed by atoms with E-state index in [9.17, 15) is 9.90 Å². The van der Waals surface area contributed by atoms with Crippen molar-refractivity contribution >= 4 is 12.4 Å². The topological polar surface area (TPSA) is 76.4 Å². The summed E-state index contributed by atoms with van der Waals surface area (Å²) in [7, 11) is 1.61. The molecule has 2 aromatic rings. The number of rotatable bonds is 7. The Hall–Kier alpha value is -1.89. The number of aliphatic hydroxyl groups excluding tert-OH is 1. The maximum absolute atomic E-state index is 11.8. The molecule has 0 saturated carbocycles. The maximum atomic E-state index is 11.8. The third-order valence-electron chi connectivity index (χ3n) is 3.73. The molecule has 138 valence electrons. The van der Waals surface area contributed by atoms with Crippen LogP contribution in [0, 0.1) is 6.92 Å². The van der Waals surface area contributed by atoms with Gasteiger partial charge in [0.1, 0.15) is 11.6 Å². The molecule has 0 aliphatic heterocycles. The molecule has 1 aromatic carbocycles. The fourth-order valence-corrected chi connectivity index (χ4v) is 2.46. The Morgan fingerprint density at radius 3 is 2.48 bits per heavy atom. The zero-order valence-corrected chi connectivity index (χ0v) is 15.8. The molecular formula is C18H26ClN3O3. The summed E-state index contributed by atoms with van der Waals surface area (Å²) >= 11 is 0. The van der Waals surface area contributed by atoms with Gasteiger partial charge in [0, 0.05) is 29.9 Å². The van der Waals surface area contributed by atoms with Crippen molar-refractivity contribution in [2.45, 2.75) is 39.5 Å². The van der Waals surface area contributed by atoms with E-state index in [0.717, 1.165) is 17.0 Å². The van der Waals surface area contributed by atoms with Crippen molar-refractivity contribution in [3.8, 4) is 17.1 Å². The minimum Gasteiger partial charge on any atom is -0.497 e. The number of methoxy groups -OCH3 is 1. The molecule has 6 nitrogen and oxygen atoms in total. The molecule has 0 aliphatic carbocycles. The summed E-state index contributed by atoms with van der Waals surface area (Å²) in [5.74, 6) is 1.28. The molecule has 1 aromatic heterocycles. The first-order valence-corrected chi connectivity index (χ1v) is 8.05. The number of halogens is 1. The van der Waals surface area contributed by atoms with Crippen LogP contribution in [0.15, 0.2) is 35.1 Å². The van der Waals surface area contributed by atoms with E-state index in [1.165, 1.54) is 6.07 Å². The number of nitrogens with zero attached hydrogens (tertiary/aromatic N) is 2. The van der Waals surface area contributed by atoms with Crippen molar-refractivity contribution in [2.75, 3.05) is 13.7 Å². The lowest BCUT2D eigenvalue weighted by Gasteiger charge is -2.20. The van der Waals surface area contributed by atoms with Gasteiger partial charge in [0.15, 0.2) is 0 Å². The monoisotopic (exact) mass is 367 g/mol. The van der Waals surface area contributed by atoms with E-state index >= 15 is 0 Å². The van der Waals surface area contributed by atoms with Crippen molar-refractivity contribution in [1.29, 1.82) is 0 Å². The second-order valence-electron chi connectivity index (χ2n) is 6.12. The van der Waals surface area contributed by atoms with Crippen LogP contribution in [-0.4, -0.2) is 40.5 Å². The summed E-state index contributed by atoms with van der Waals surface area (Å²) in [6.45, 7) is 6.74. The van der Waals surface area contributed by atoms with E-state index in [-0.39, 0.29) is 18.0 Å². The number of hydrogen-bond donors (Lipinski definition) is 2. The number of aryl methyl sites for hydroxylation is 1. The van der Waals surface area contributed by atoms with Crippen LogP contribution in [0.5, 0.6) is 5.75 Å². The van der Waals surface area contributed by atoms with Gasteiger partial charge in [-0.3, -0.25) is 4.79 Å². The van der Waals surface area contributed by atoms with Gasteiger partial charge in [-0.15, -0.1) is 12.4 Å². The maximum Gasteiger partial charge on any atom is 0.273 e. The molecule has 0 radical (unpaired) electrons. The van der Waals surface area contributed by atoms with Crippen LogP contribution in [0.2, 0.25) is 0 Å². The molecule has 2 N–H and O–H groups in total. The molecule has 1 heterocycles. The number of aliphatic hydroxyl groups is 1. The van der Waals surface area contributed by atoms with Gasteiger partial charge in [-0.25, -0.2) is 0 Å². The Bertz CT molecular complexity index is 729. The quantitative estimate of drug-likeness (QED) is 0.782. The minimum atomic E-state index is -0.576. The van der Waals surface area contributed by atoms with Gasteiger partial charge in [0.2, 0.25) is 0 Å². The molecule has 0 saturated heterocycles. The average Bonchev–Trinajstić information content (AvgIpc) is 2.55. The molecule has 0 amide bonds. The van der Waals surface area contributed by atoms with Crippen molar-refractivity contribution in [1.82, 2.24) is 14.9 Å². The van der Waals surface area contributed by atoms with Crippen LogP contribution in [0.4, 0.5) is 0 Å². The van der Waals surface area contributed by atoms with Gasteiger partial charge in [-0.2, -0.15) is 4.98 Å². The molecule has 25 heavy (non-hydrogen) atoms. The van der Waals surface area contributed by atoms with E-state index < -0.39 is 6.10 Å². The summed E-state index contributed by atoms with van der Waals surface area (Å²) in [5, 5.41) is 13.5. The zero-order chi connectivity index (χ0) is 17.7. The van der Waals surface area contributed by atoms with Gasteiger partial charge >= 0.3 is 0 Å². The van der Waals surface area contributed by atoms with Crippen LogP contribution in [0.3, 0.4) is 0 Å². The Kier molecular flexibility index (Phi) is 8.09. The molecule has 2 rings (SSSR count). The summed E-state index contributed by atoms with van der Waals surface area (Å²) < 4.78 is 7.04. The van der Waals surface area contributed by atoms with E-state index in [1.807, 2.05) is 49.6 Å². The lowest BCUT2D eigenvalue weighted by atomic mass is 10.2. The first kappa shape index (κ1) is 21.2. The Morgan fingerprint density at radius 1 is 1.28 bits per heavy atom. The highest BCUT2D eigenvalue weighted by Gasteiger charge is 2.14. The van der Waals surface area contributed by atoms with Crippen LogP contribution >= 0.6 is 12.4 Å². The van der Waals surface area contributed by atoms with Gasteiger partial charge < -0.3 is 19.7 Å². The van der Waals surface area contributed by atoms with Crippen molar-refractivity contribution in [2.24, 2.45) is 0 Å². The second-order valence-corrected chi connectivity index (χ2v) is 6.12. The van der Waals surface area contributed by atoms with Crippen LogP contribution in [-0.2, 0) is 6.54 Å². The lowest BCUT2D eigenvalue weighted by Crippen LogP contribution is -2.35. The highest BCUT2D eigenvalue weighted by atomic mass is 35.5. The molecule has 0 unspecified atom stereocenters. The van der Waals surface area contributed by atoms with Gasteiger partial charge in [-0.05, 0) is 31.2 Å². The van der Waals surface area contributed by atoms with E-state index in [1.54, 1.807) is 7.11 Å². The van der Waals surface area contributed by atoms with E-state index in [0.29, 0.717) is 25.0 Å². The lowest BCUT2D eigenvalue weighted by molar-refractivity contribution is 0.148. The molecule has 0 fully saturated rings. The smallest absolute Gasteiger partial charge is 0.273 e. The highest BCUT2D eigenvalue weighted by Crippen LogP contribution is 2.21.